The van der Waals surface area contributed by atoms with Gasteiger partial charge in [-0.3, -0.25) is 0 Å². The number of carboxylic acid groups (broad SMARTS) is 1. The maximum absolute atomic E-state index is 11.0. The minimum Gasteiger partial charge on any atom is -0.465 e. The van der Waals surface area contributed by atoms with E-state index in [0.717, 1.165) is 38.7 Å². The van der Waals surface area contributed by atoms with E-state index in [1.807, 2.05) is 0 Å². The van der Waals surface area contributed by atoms with Crippen molar-refractivity contribution in [1.82, 2.24) is 4.90 Å². The largest absolute Gasteiger partial charge is 0.490 e. The Morgan fingerprint density at radius 1 is 1.23 bits per heavy atom. The van der Waals surface area contributed by atoms with Crippen LogP contribution in [0.1, 0.15) is 59.8 Å². The number of likely N-dealkylation sites (tertiary alicyclic amines) is 1. The summed E-state index contributed by atoms with van der Waals surface area (Å²) in [6.07, 6.45) is 6.29. The Labute approximate surface area is 157 Å². The molecule has 146 valence electrons. The van der Waals surface area contributed by atoms with Gasteiger partial charge in [0, 0.05) is 19.7 Å². The third-order valence-electron chi connectivity index (χ3n) is 6.41. The first-order valence-corrected chi connectivity index (χ1v) is 9.82. The summed E-state index contributed by atoms with van der Waals surface area (Å²) in [6.45, 7) is 10.3. The van der Waals surface area contributed by atoms with Gasteiger partial charge in [-0.25, -0.2) is 4.79 Å². The Hall–Kier alpha value is -1.05. The number of rotatable bonds is 4. The lowest BCUT2D eigenvalue weighted by molar-refractivity contribution is 0.00578. The summed E-state index contributed by atoms with van der Waals surface area (Å²) in [5.74, 6) is 0.471. The van der Waals surface area contributed by atoms with Crippen molar-refractivity contribution < 1.29 is 23.9 Å². The fourth-order valence-corrected chi connectivity index (χ4v) is 3.75. The topological polar surface area (TPSA) is 68.2 Å². The lowest BCUT2D eigenvalue weighted by atomic mass is 9.72. The van der Waals surface area contributed by atoms with Gasteiger partial charge in [-0.15, -0.1) is 0 Å². The first kappa shape index (κ1) is 19.7. The highest BCUT2D eigenvalue weighted by atomic mass is 16.7. The molecule has 3 aliphatic rings. The third kappa shape index (κ3) is 4.26. The summed E-state index contributed by atoms with van der Waals surface area (Å²) in [7, 11) is -0.235. The van der Waals surface area contributed by atoms with Crippen molar-refractivity contribution in [2.45, 2.75) is 77.1 Å². The SMILES string of the molecule is CC1(C)OB(C2=CCC(OCC3CCN(C(=O)O)CC3)CC2)OC1(C)C. The molecule has 0 spiro atoms. The number of piperidine rings is 1. The van der Waals surface area contributed by atoms with E-state index in [1.165, 1.54) is 10.4 Å². The molecule has 0 aromatic heterocycles. The van der Waals surface area contributed by atoms with Crippen molar-refractivity contribution in [2.24, 2.45) is 5.92 Å². The number of hydrogen-bond acceptors (Lipinski definition) is 4. The zero-order valence-corrected chi connectivity index (χ0v) is 16.5. The van der Waals surface area contributed by atoms with Crippen LogP contribution in [-0.2, 0) is 14.0 Å². The van der Waals surface area contributed by atoms with Crippen molar-refractivity contribution in [3.63, 3.8) is 0 Å². The summed E-state index contributed by atoms with van der Waals surface area (Å²) in [5.41, 5.74) is 0.645. The average molecular weight is 365 g/mol. The molecule has 0 saturated carbocycles. The van der Waals surface area contributed by atoms with E-state index in [2.05, 4.69) is 33.8 Å². The molecule has 6 nitrogen and oxygen atoms in total. The van der Waals surface area contributed by atoms with E-state index < -0.39 is 6.09 Å². The van der Waals surface area contributed by atoms with E-state index >= 15 is 0 Å². The van der Waals surface area contributed by atoms with E-state index in [4.69, 9.17) is 19.2 Å². The standard InChI is InChI=1S/C19H32BNO5/c1-18(2)19(3,4)26-20(25-18)15-5-7-16(8-6-15)24-13-14-9-11-21(12-10-14)17(22)23/h5,14,16H,6-13H2,1-4H3,(H,22,23). The molecule has 0 radical (unpaired) electrons. The van der Waals surface area contributed by atoms with E-state index in [-0.39, 0.29) is 24.4 Å². The van der Waals surface area contributed by atoms with Crippen LogP contribution in [0.15, 0.2) is 11.5 Å². The van der Waals surface area contributed by atoms with Crippen LogP contribution in [0, 0.1) is 5.92 Å². The Kier molecular flexibility index (Phi) is 5.70. The maximum atomic E-state index is 11.0. The number of hydrogen-bond donors (Lipinski definition) is 1. The van der Waals surface area contributed by atoms with Gasteiger partial charge in [-0.2, -0.15) is 0 Å². The minimum absolute atomic E-state index is 0.235. The smallest absolute Gasteiger partial charge is 0.465 e. The number of ether oxygens (including phenoxy) is 1. The van der Waals surface area contributed by atoms with Crippen LogP contribution in [0.25, 0.3) is 0 Å². The van der Waals surface area contributed by atoms with E-state index in [0.29, 0.717) is 19.0 Å². The molecule has 7 heteroatoms. The molecule has 1 amide bonds. The second kappa shape index (κ2) is 7.53. The van der Waals surface area contributed by atoms with Crippen molar-refractivity contribution >= 4 is 13.2 Å². The Bertz CT molecular complexity index is 538. The van der Waals surface area contributed by atoms with Gasteiger partial charge in [0.2, 0.25) is 0 Å². The van der Waals surface area contributed by atoms with Crippen LogP contribution in [0.3, 0.4) is 0 Å². The molecule has 2 heterocycles. The Balaban J connectivity index is 1.42. The highest BCUT2D eigenvalue weighted by molar-refractivity contribution is 6.54. The molecule has 2 aliphatic heterocycles. The third-order valence-corrected chi connectivity index (χ3v) is 6.41. The normalized spacial score (nSPS) is 28.9. The van der Waals surface area contributed by atoms with E-state index in [1.54, 1.807) is 0 Å². The van der Waals surface area contributed by atoms with Crippen molar-refractivity contribution in [3.05, 3.63) is 11.5 Å². The summed E-state index contributed by atoms with van der Waals surface area (Å²) in [5, 5.41) is 9.01. The second-order valence-electron chi connectivity index (χ2n) is 8.81. The summed E-state index contributed by atoms with van der Waals surface area (Å²) >= 11 is 0. The van der Waals surface area contributed by atoms with Crippen LogP contribution in [0.2, 0.25) is 0 Å². The maximum Gasteiger partial charge on any atom is 0.490 e. The van der Waals surface area contributed by atoms with Crippen LogP contribution in [0.5, 0.6) is 0 Å². The van der Waals surface area contributed by atoms with Gasteiger partial charge in [-0.1, -0.05) is 6.08 Å². The Morgan fingerprint density at radius 2 is 1.85 bits per heavy atom. The molecule has 1 aliphatic carbocycles. The minimum atomic E-state index is -0.808. The van der Waals surface area contributed by atoms with Gasteiger partial charge in [0.15, 0.2) is 0 Å². The molecule has 26 heavy (non-hydrogen) atoms. The van der Waals surface area contributed by atoms with Crippen molar-refractivity contribution in [1.29, 1.82) is 0 Å². The summed E-state index contributed by atoms with van der Waals surface area (Å²) < 4.78 is 18.4. The van der Waals surface area contributed by atoms with Gasteiger partial charge in [-0.05, 0) is 71.2 Å². The number of carbonyl (C=O) groups is 1. The molecule has 0 aromatic rings. The quantitative estimate of drug-likeness (QED) is 0.773. The highest BCUT2D eigenvalue weighted by Gasteiger charge is 2.52. The molecule has 0 bridgehead atoms. The molecular weight excluding hydrogens is 333 g/mol. The van der Waals surface area contributed by atoms with Gasteiger partial charge >= 0.3 is 13.2 Å². The lowest BCUT2D eigenvalue weighted by Gasteiger charge is -2.32. The van der Waals surface area contributed by atoms with Crippen molar-refractivity contribution in [3.8, 4) is 0 Å². The van der Waals surface area contributed by atoms with Gasteiger partial charge in [0.05, 0.1) is 17.3 Å². The average Bonchev–Trinajstić information content (AvgIpc) is 2.81. The molecule has 0 aromatic carbocycles. The number of nitrogens with zero attached hydrogens (tertiary/aromatic N) is 1. The fourth-order valence-electron chi connectivity index (χ4n) is 3.75. The number of amides is 1. The molecule has 2 saturated heterocycles. The lowest BCUT2D eigenvalue weighted by Crippen LogP contribution is -2.41. The van der Waals surface area contributed by atoms with Crippen LogP contribution in [0.4, 0.5) is 4.79 Å². The number of allylic oxidation sites excluding steroid dienone is 1. The van der Waals surface area contributed by atoms with Crippen LogP contribution in [-0.4, -0.2) is 60.2 Å². The molecule has 2 fully saturated rings. The Morgan fingerprint density at radius 3 is 2.35 bits per heavy atom. The van der Waals surface area contributed by atoms with Crippen molar-refractivity contribution in [2.75, 3.05) is 19.7 Å². The predicted octanol–water partition coefficient (Wildman–Crippen LogP) is 3.50. The first-order chi connectivity index (χ1) is 12.2. The monoisotopic (exact) mass is 365 g/mol. The summed E-state index contributed by atoms with van der Waals surface area (Å²) in [6, 6.07) is 0. The summed E-state index contributed by atoms with van der Waals surface area (Å²) in [4.78, 5) is 12.5. The second-order valence-corrected chi connectivity index (χ2v) is 8.81. The molecule has 3 rings (SSSR count). The van der Waals surface area contributed by atoms with Gasteiger partial charge < -0.3 is 24.1 Å². The molecular formula is C19H32BNO5. The molecule has 1 unspecified atom stereocenters. The van der Waals surface area contributed by atoms with E-state index in [9.17, 15) is 4.79 Å². The first-order valence-electron chi connectivity index (χ1n) is 9.82. The zero-order valence-electron chi connectivity index (χ0n) is 16.5. The van der Waals surface area contributed by atoms with Gasteiger partial charge in [0.25, 0.3) is 0 Å². The van der Waals surface area contributed by atoms with Gasteiger partial charge in [0.1, 0.15) is 0 Å². The predicted molar refractivity (Wildman–Crippen MR) is 100 cm³/mol. The molecule has 1 atom stereocenters. The fraction of sp³-hybridized carbons (Fsp3) is 0.842. The zero-order chi connectivity index (χ0) is 18.9. The van der Waals surface area contributed by atoms with Crippen LogP contribution < -0.4 is 0 Å². The highest BCUT2D eigenvalue weighted by Crippen LogP contribution is 2.40. The van der Waals surface area contributed by atoms with Crippen LogP contribution >= 0.6 is 0 Å². The molecule has 1 N–H and O–H groups in total.